The molecule has 1 aliphatic rings. The Bertz CT molecular complexity index is 1540. The van der Waals surface area contributed by atoms with Crippen LogP contribution in [-0.4, -0.2) is 68.3 Å². The number of pyridine rings is 2. The molecular formula is C29H32N6O3. The molecule has 3 aromatic heterocycles. The molecule has 38 heavy (non-hydrogen) atoms. The van der Waals surface area contributed by atoms with Crippen LogP contribution in [0.3, 0.4) is 0 Å². The second kappa shape index (κ2) is 10.2. The van der Waals surface area contributed by atoms with Gasteiger partial charge in [-0.05, 0) is 56.0 Å². The molecule has 0 saturated carbocycles. The molecule has 0 bridgehead atoms. The van der Waals surface area contributed by atoms with Crippen molar-refractivity contribution < 1.29 is 15.7 Å². The number of carbonyl (C=O) groups excluding carboxylic acids is 2. The van der Waals surface area contributed by atoms with Crippen molar-refractivity contribution in [3.63, 3.8) is 0 Å². The van der Waals surface area contributed by atoms with Gasteiger partial charge >= 0.3 is 6.09 Å². The summed E-state index contributed by atoms with van der Waals surface area (Å²) < 4.78 is 15.6. The SMILES string of the molecule is [2H]c1nc(CC(=O)c2ccnc(N3CCN(C(=O)OC(C)(C)C)CC3)c2)cc2cc(-c3cnn(C)c3)ccc12. The monoisotopic (exact) mass is 513 g/mol. The van der Waals surface area contributed by atoms with Gasteiger partial charge in [-0.15, -0.1) is 0 Å². The zero-order chi connectivity index (χ0) is 27.7. The number of ether oxygens (including phenoxy) is 1. The summed E-state index contributed by atoms with van der Waals surface area (Å²) in [4.78, 5) is 38.2. The van der Waals surface area contributed by atoms with Crippen LogP contribution in [0.1, 0.15) is 38.2 Å². The van der Waals surface area contributed by atoms with Gasteiger partial charge in [-0.25, -0.2) is 9.78 Å². The molecule has 0 aliphatic carbocycles. The minimum Gasteiger partial charge on any atom is -0.444 e. The Morgan fingerprint density at radius 3 is 2.50 bits per heavy atom. The predicted molar refractivity (Wildman–Crippen MR) is 146 cm³/mol. The number of ketones is 1. The first-order chi connectivity index (χ1) is 18.6. The highest BCUT2D eigenvalue weighted by Gasteiger charge is 2.26. The molecule has 1 saturated heterocycles. The Morgan fingerprint density at radius 2 is 1.79 bits per heavy atom. The molecule has 9 heteroatoms. The first kappa shape index (κ1) is 24.1. The average molecular weight is 514 g/mol. The Balaban J connectivity index is 1.28. The number of hydrogen-bond donors (Lipinski definition) is 0. The summed E-state index contributed by atoms with van der Waals surface area (Å²) in [6, 6.07) is 11.2. The molecule has 0 radical (unpaired) electrons. The molecule has 0 atom stereocenters. The number of carbonyl (C=O) groups is 2. The van der Waals surface area contributed by atoms with Crippen LogP contribution in [0.2, 0.25) is 0 Å². The number of benzene rings is 1. The van der Waals surface area contributed by atoms with E-state index >= 15 is 0 Å². The van der Waals surface area contributed by atoms with Crippen LogP contribution >= 0.6 is 0 Å². The van der Waals surface area contributed by atoms with Gasteiger partial charge in [0.1, 0.15) is 11.4 Å². The Hall–Kier alpha value is -4.27. The van der Waals surface area contributed by atoms with E-state index in [2.05, 4.69) is 20.0 Å². The minimum absolute atomic E-state index is 0.0782. The molecule has 1 fully saturated rings. The number of aromatic nitrogens is 4. The lowest BCUT2D eigenvalue weighted by Crippen LogP contribution is -2.50. The van der Waals surface area contributed by atoms with E-state index in [0.717, 1.165) is 21.9 Å². The summed E-state index contributed by atoms with van der Waals surface area (Å²) in [6.07, 6.45) is 5.27. The van der Waals surface area contributed by atoms with E-state index in [1.54, 1.807) is 34.1 Å². The highest BCUT2D eigenvalue weighted by atomic mass is 16.6. The van der Waals surface area contributed by atoms with E-state index in [-0.39, 0.29) is 24.5 Å². The summed E-state index contributed by atoms with van der Waals surface area (Å²) >= 11 is 0. The molecular weight excluding hydrogens is 480 g/mol. The second-order valence-corrected chi connectivity index (χ2v) is 10.5. The first-order valence-corrected chi connectivity index (χ1v) is 12.7. The Morgan fingerprint density at radius 1 is 1.00 bits per heavy atom. The van der Waals surface area contributed by atoms with Crippen molar-refractivity contribution in [1.29, 1.82) is 0 Å². The number of anilines is 1. The van der Waals surface area contributed by atoms with Crippen LogP contribution in [0.4, 0.5) is 10.6 Å². The van der Waals surface area contributed by atoms with E-state index in [1.807, 2.05) is 58.3 Å². The molecule has 196 valence electrons. The Labute approximate surface area is 223 Å². The standard InChI is InChI=1S/C29H32N6O3/c1-29(2,3)38-28(37)35-11-9-34(10-12-35)27-15-21(7-8-30-27)26(36)16-25-14-23-13-20(5-6-22(23)17-31-25)24-18-32-33(4)19-24/h5-8,13-15,17-19H,9-12,16H2,1-4H3/i17D. The van der Waals surface area contributed by atoms with E-state index < -0.39 is 5.60 Å². The molecule has 0 unspecified atom stereocenters. The van der Waals surface area contributed by atoms with Crippen LogP contribution in [0, 0.1) is 0 Å². The molecule has 1 amide bonds. The number of amides is 1. The zero-order valence-corrected chi connectivity index (χ0v) is 22.1. The normalized spacial score (nSPS) is 14.5. The quantitative estimate of drug-likeness (QED) is 0.363. The highest BCUT2D eigenvalue weighted by molar-refractivity contribution is 5.98. The third kappa shape index (κ3) is 5.82. The fourth-order valence-corrected chi connectivity index (χ4v) is 4.44. The van der Waals surface area contributed by atoms with Gasteiger partial charge in [0.2, 0.25) is 0 Å². The summed E-state index contributed by atoms with van der Waals surface area (Å²) in [5, 5.41) is 5.83. The number of hydrogen-bond acceptors (Lipinski definition) is 7. The molecule has 1 aromatic carbocycles. The lowest BCUT2D eigenvalue weighted by molar-refractivity contribution is 0.0240. The van der Waals surface area contributed by atoms with Crippen molar-refractivity contribution in [2.75, 3.05) is 31.1 Å². The molecule has 0 N–H and O–H groups in total. The zero-order valence-electron chi connectivity index (χ0n) is 23.1. The van der Waals surface area contributed by atoms with Crippen molar-refractivity contribution in [1.82, 2.24) is 24.6 Å². The number of piperazine rings is 1. The molecule has 1 aliphatic heterocycles. The number of fused-ring (bicyclic) bond motifs is 1. The number of nitrogens with zero attached hydrogens (tertiary/aromatic N) is 6. The van der Waals surface area contributed by atoms with E-state index in [1.165, 1.54) is 0 Å². The van der Waals surface area contributed by atoms with Gasteiger partial charge in [-0.3, -0.25) is 14.5 Å². The Kier molecular flexibility index (Phi) is 6.49. The van der Waals surface area contributed by atoms with Gasteiger partial charge in [0.05, 0.1) is 14.0 Å². The topological polar surface area (TPSA) is 93.5 Å². The summed E-state index contributed by atoms with van der Waals surface area (Å²) in [5.41, 5.74) is 2.52. The third-order valence-corrected chi connectivity index (χ3v) is 6.40. The van der Waals surface area contributed by atoms with Crippen molar-refractivity contribution in [3.05, 3.63) is 72.4 Å². The molecule has 4 heterocycles. The molecule has 4 aromatic rings. The maximum absolute atomic E-state index is 13.2. The lowest BCUT2D eigenvalue weighted by Gasteiger charge is -2.36. The summed E-state index contributed by atoms with van der Waals surface area (Å²) in [6.45, 7) is 7.78. The third-order valence-electron chi connectivity index (χ3n) is 6.40. The maximum atomic E-state index is 13.2. The van der Waals surface area contributed by atoms with E-state index in [9.17, 15) is 9.59 Å². The van der Waals surface area contributed by atoms with Crippen LogP contribution in [-0.2, 0) is 18.2 Å². The van der Waals surface area contributed by atoms with E-state index in [0.29, 0.717) is 43.3 Å². The second-order valence-electron chi connectivity index (χ2n) is 10.5. The summed E-state index contributed by atoms with van der Waals surface area (Å²) in [7, 11) is 1.87. The first-order valence-electron chi connectivity index (χ1n) is 13.2. The van der Waals surface area contributed by atoms with Gasteiger partial charge in [0, 0.05) is 74.0 Å². The predicted octanol–water partition coefficient (Wildman–Crippen LogP) is 4.51. The largest absolute Gasteiger partial charge is 0.444 e. The van der Waals surface area contributed by atoms with Crippen molar-refractivity contribution in [3.8, 4) is 11.1 Å². The maximum Gasteiger partial charge on any atom is 0.410 e. The van der Waals surface area contributed by atoms with Gasteiger partial charge in [-0.1, -0.05) is 12.1 Å². The average Bonchev–Trinajstić information content (AvgIpc) is 3.34. The van der Waals surface area contributed by atoms with E-state index in [4.69, 9.17) is 6.11 Å². The fourth-order valence-electron chi connectivity index (χ4n) is 4.44. The van der Waals surface area contributed by atoms with Crippen LogP contribution in [0.15, 0.2) is 61.2 Å². The van der Waals surface area contributed by atoms with Gasteiger partial charge in [0.15, 0.2) is 5.78 Å². The van der Waals surface area contributed by atoms with Crippen LogP contribution < -0.4 is 4.90 Å². The minimum atomic E-state index is -0.535. The van der Waals surface area contributed by atoms with Gasteiger partial charge in [0.25, 0.3) is 0 Å². The highest BCUT2D eigenvalue weighted by Crippen LogP contribution is 2.25. The van der Waals surface area contributed by atoms with Crippen LogP contribution in [0.25, 0.3) is 21.9 Å². The number of aryl methyl sites for hydroxylation is 1. The van der Waals surface area contributed by atoms with Gasteiger partial charge < -0.3 is 14.5 Å². The van der Waals surface area contributed by atoms with Crippen molar-refractivity contribution in [2.45, 2.75) is 32.8 Å². The smallest absolute Gasteiger partial charge is 0.410 e. The number of Topliss-reactive ketones (excluding diaryl/α,β-unsaturated/α-hetero) is 1. The van der Waals surface area contributed by atoms with Crippen LogP contribution in [0.5, 0.6) is 0 Å². The lowest BCUT2D eigenvalue weighted by atomic mass is 10.0. The summed E-state index contributed by atoms with van der Waals surface area (Å²) in [5.74, 6) is 0.596. The van der Waals surface area contributed by atoms with Crippen molar-refractivity contribution in [2.24, 2.45) is 7.05 Å². The molecule has 9 nitrogen and oxygen atoms in total. The van der Waals surface area contributed by atoms with Crippen molar-refractivity contribution >= 4 is 28.5 Å². The molecule has 0 spiro atoms. The number of rotatable bonds is 5. The molecule has 5 rings (SSSR count). The fraction of sp³-hybridized carbons (Fsp3) is 0.345. The van der Waals surface area contributed by atoms with Gasteiger partial charge in [-0.2, -0.15) is 5.10 Å².